The molecular formula is C18H26Cl2N2O. The number of nitrogens with two attached hydrogens (primary N) is 1. The number of benzene rings is 1. The largest absolute Gasteiger partial charge is 0.349 e. The van der Waals surface area contributed by atoms with Crippen LogP contribution in [0.15, 0.2) is 24.3 Å². The van der Waals surface area contributed by atoms with E-state index in [2.05, 4.69) is 5.32 Å². The topological polar surface area (TPSA) is 55.1 Å². The Kier molecular flexibility index (Phi) is 6.75. The van der Waals surface area contributed by atoms with Gasteiger partial charge in [0.25, 0.3) is 0 Å². The third kappa shape index (κ3) is 4.62. The highest BCUT2D eigenvalue weighted by Crippen LogP contribution is 2.37. The zero-order valence-electron chi connectivity index (χ0n) is 13.3. The number of rotatable bonds is 4. The predicted molar refractivity (Wildman–Crippen MR) is 96.9 cm³/mol. The summed E-state index contributed by atoms with van der Waals surface area (Å²) in [5, 5.41) is 4.06. The molecule has 128 valence electrons. The molecule has 1 aromatic rings. The van der Waals surface area contributed by atoms with Crippen LogP contribution in [0.5, 0.6) is 0 Å². The summed E-state index contributed by atoms with van der Waals surface area (Å²) in [7, 11) is 0. The monoisotopic (exact) mass is 356 g/mol. The van der Waals surface area contributed by atoms with Crippen molar-refractivity contribution in [2.75, 3.05) is 0 Å². The fourth-order valence-electron chi connectivity index (χ4n) is 3.96. The van der Waals surface area contributed by atoms with E-state index in [1.165, 1.54) is 31.2 Å². The minimum Gasteiger partial charge on any atom is -0.349 e. The molecule has 3 nitrogen and oxygen atoms in total. The molecule has 0 aliphatic heterocycles. The summed E-state index contributed by atoms with van der Waals surface area (Å²) < 4.78 is 0. The molecule has 0 spiro atoms. The Morgan fingerprint density at radius 2 is 1.78 bits per heavy atom. The maximum absolute atomic E-state index is 12.6. The van der Waals surface area contributed by atoms with E-state index in [-0.39, 0.29) is 36.3 Å². The molecule has 2 saturated carbocycles. The highest BCUT2D eigenvalue weighted by atomic mass is 35.5. The minimum atomic E-state index is 0. The van der Waals surface area contributed by atoms with Gasteiger partial charge in [0, 0.05) is 17.0 Å². The van der Waals surface area contributed by atoms with Crippen LogP contribution in [0, 0.1) is 11.8 Å². The molecule has 1 amide bonds. The first-order chi connectivity index (χ1) is 10.6. The fraction of sp³-hybridized carbons (Fsp3) is 0.611. The van der Waals surface area contributed by atoms with Crippen molar-refractivity contribution in [3.63, 3.8) is 0 Å². The molecule has 2 fully saturated rings. The van der Waals surface area contributed by atoms with E-state index in [9.17, 15) is 4.79 Å². The van der Waals surface area contributed by atoms with Gasteiger partial charge in [-0.3, -0.25) is 4.79 Å². The van der Waals surface area contributed by atoms with Gasteiger partial charge < -0.3 is 11.1 Å². The highest BCUT2D eigenvalue weighted by Gasteiger charge is 2.32. The first-order valence-electron chi connectivity index (χ1n) is 8.45. The van der Waals surface area contributed by atoms with Gasteiger partial charge in [0.15, 0.2) is 0 Å². The first-order valence-corrected chi connectivity index (χ1v) is 8.82. The van der Waals surface area contributed by atoms with Crippen LogP contribution in [0.2, 0.25) is 5.02 Å². The third-order valence-corrected chi connectivity index (χ3v) is 5.49. The average Bonchev–Trinajstić information content (AvgIpc) is 3.17. The van der Waals surface area contributed by atoms with E-state index in [0.717, 1.165) is 24.3 Å². The molecule has 3 rings (SSSR count). The Bertz CT molecular complexity index is 514. The van der Waals surface area contributed by atoms with E-state index in [4.69, 9.17) is 17.3 Å². The number of halogens is 2. The minimum absolute atomic E-state index is 0. The summed E-state index contributed by atoms with van der Waals surface area (Å²) in [6, 6.07) is 8.23. The van der Waals surface area contributed by atoms with Crippen molar-refractivity contribution in [1.82, 2.24) is 5.32 Å². The Hall–Kier alpha value is -0.770. The highest BCUT2D eigenvalue weighted by molar-refractivity contribution is 6.30. The van der Waals surface area contributed by atoms with Crippen LogP contribution in [0.4, 0.5) is 0 Å². The second kappa shape index (κ2) is 8.36. The molecule has 2 aliphatic carbocycles. The quantitative estimate of drug-likeness (QED) is 0.847. The van der Waals surface area contributed by atoms with Gasteiger partial charge in [-0.1, -0.05) is 36.6 Å². The Morgan fingerprint density at radius 3 is 2.35 bits per heavy atom. The Morgan fingerprint density at radius 1 is 1.13 bits per heavy atom. The van der Waals surface area contributed by atoms with Gasteiger partial charge in [-0.2, -0.15) is 0 Å². The van der Waals surface area contributed by atoms with E-state index in [0.29, 0.717) is 5.92 Å². The zero-order chi connectivity index (χ0) is 15.5. The van der Waals surface area contributed by atoms with E-state index < -0.39 is 0 Å². The van der Waals surface area contributed by atoms with Crippen LogP contribution in [0.3, 0.4) is 0 Å². The zero-order valence-corrected chi connectivity index (χ0v) is 14.9. The maximum atomic E-state index is 12.6. The summed E-state index contributed by atoms with van der Waals surface area (Å²) in [5.74, 6) is 0.811. The van der Waals surface area contributed by atoms with Crippen LogP contribution >= 0.6 is 24.0 Å². The van der Waals surface area contributed by atoms with Gasteiger partial charge in [-0.15, -0.1) is 12.4 Å². The number of amides is 1. The van der Waals surface area contributed by atoms with E-state index in [1.807, 2.05) is 24.3 Å². The molecule has 0 heterocycles. The number of carbonyl (C=O) groups is 1. The van der Waals surface area contributed by atoms with E-state index >= 15 is 0 Å². The van der Waals surface area contributed by atoms with Crippen LogP contribution in [-0.2, 0) is 4.79 Å². The smallest absolute Gasteiger partial charge is 0.223 e. The van der Waals surface area contributed by atoms with Crippen molar-refractivity contribution in [2.45, 2.75) is 57.0 Å². The number of hydrogen-bond donors (Lipinski definition) is 2. The van der Waals surface area contributed by atoms with Crippen molar-refractivity contribution >= 4 is 29.9 Å². The molecule has 0 bridgehead atoms. The average molecular weight is 357 g/mol. The number of nitrogens with one attached hydrogen (secondary N) is 1. The lowest BCUT2D eigenvalue weighted by Gasteiger charge is -2.27. The lowest BCUT2D eigenvalue weighted by atomic mass is 9.91. The molecule has 3 atom stereocenters. The van der Waals surface area contributed by atoms with Crippen LogP contribution in [0.1, 0.15) is 56.6 Å². The van der Waals surface area contributed by atoms with Gasteiger partial charge >= 0.3 is 0 Å². The number of carbonyl (C=O) groups excluding carboxylic acids is 1. The second-order valence-electron chi connectivity index (χ2n) is 6.85. The lowest BCUT2D eigenvalue weighted by Crippen LogP contribution is -2.36. The van der Waals surface area contributed by atoms with Crippen molar-refractivity contribution in [3.05, 3.63) is 34.9 Å². The van der Waals surface area contributed by atoms with Gasteiger partial charge in [0.2, 0.25) is 5.91 Å². The molecule has 0 aromatic heterocycles. The summed E-state index contributed by atoms with van der Waals surface area (Å²) in [4.78, 5) is 12.6. The SMILES string of the molecule is Cl.NC1CCC(C(=O)NC(c2ccc(Cl)cc2)C2CCCC2)C1. The molecule has 5 heteroatoms. The molecule has 3 unspecified atom stereocenters. The van der Waals surface area contributed by atoms with E-state index in [1.54, 1.807) is 0 Å². The summed E-state index contributed by atoms with van der Waals surface area (Å²) in [6.07, 6.45) is 7.62. The summed E-state index contributed by atoms with van der Waals surface area (Å²) in [6.45, 7) is 0. The Labute approximate surface area is 149 Å². The van der Waals surface area contributed by atoms with Crippen molar-refractivity contribution in [2.24, 2.45) is 17.6 Å². The van der Waals surface area contributed by atoms with Crippen molar-refractivity contribution in [1.29, 1.82) is 0 Å². The van der Waals surface area contributed by atoms with Gasteiger partial charge in [-0.25, -0.2) is 0 Å². The van der Waals surface area contributed by atoms with Crippen molar-refractivity contribution in [3.8, 4) is 0 Å². The van der Waals surface area contributed by atoms with Gasteiger partial charge in [0.1, 0.15) is 0 Å². The lowest BCUT2D eigenvalue weighted by molar-refractivity contribution is -0.126. The normalized spacial score (nSPS) is 25.8. The van der Waals surface area contributed by atoms with Crippen molar-refractivity contribution < 1.29 is 4.79 Å². The Balaban J connectivity index is 0.00000192. The molecule has 2 aliphatic rings. The molecule has 1 aromatic carbocycles. The molecular weight excluding hydrogens is 331 g/mol. The maximum Gasteiger partial charge on any atom is 0.223 e. The summed E-state index contributed by atoms with van der Waals surface area (Å²) >= 11 is 6.00. The summed E-state index contributed by atoms with van der Waals surface area (Å²) in [5.41, 5.74) is 7.12. The van der Waals surface area contributed by atoms with Gasteiger partial charge in [0.05, 0.1) is 6.04 Å². The van der Waals surface area contributed by atoms with Crippen LogP contribution in [0.25, 0.3) is 0 Å². The fourth-order valence-corrected chi connectivity index (χ4v) is 4.09. The standard InChI is InChI=1S/C18H25ClN2O.ClH/c19-15-8-5-13(6-9-15)17(12-3-1-2-4-12)21-18(22)14-7-10-16(20)11-14;/h5-6,8-9,12,14,16-17H,1-4,7,10-11,20H2,(H,21,22);1H. The molecule has 0 saturated heterocycles. The molecule has 23 heavy (non-hydrogen) atoms. The van der Waals surface area contributed by atoms with Gasteiger partial charge in [-0.05, 0) is 55.7 Å². The predicted octanol–water partition coefficient (Wildman–Crippen LogP) is 4.24. The van der Waals surface area contributed by atoms with Crippen LogP contribution in [-0.4, -0.2) is 11.9 Å². The molecule has 3 N–H and O–H groups in total. The molecule has 0 radical (unpaired) electrons. The second-order valence-corrected chi connectivity index (χ2v) is 7.29. The number of hydrogen-bond acceptors (Lipinski definition) is 2. The third-order valence-electron chi connectivity index (χ3n) is 5.24. The first kappa shape index (κ1) is 18.6. The van der Waals surface area contributed by atoms with Crippen LogP contribution < -0.4 is 11.1 Å².